The highest BCUT2D eigenvalue weighted by atomic mass is 127. The van der Waals surface area contributed by atoms with Crippen molar-refractivity contribution in [3.05, 3.63) is 279 Å². The number of hydrogen-bond donors (Lipinski definition) is 1. The summed E-state index contributed by atoms with van der Waals surface area (Å²) in [7, 11) is 18.5. The fraction of sp³-hybridized carbons (Fsp3) is 0.427. The van der Waals surface area contributed by atoms with Crippen LogP contribution in [0.25, 0.3) is 0 Å². The first-order chi connectivity index (χ1) is 58.2. The zero-order valence-electron chi connectivity index (χ0n) is 73.8. The van der Waals surface area contributed by atoms with Gasteiger partial charge in [0.2, 0.25) is 0 Å². The molecule has 17 nitrogen and oxygen atoms in total. The van der Waals surface area contributed by atoms with E-state index in [4.69, 9.17) is 72.7 Å². The second-order valence-electron chi connectivity index (χ2n) is 32.9. The topological polar surface area (TPSA) is 171 Å². The smallest absolute Gasteiger partial charge is 0.365 e. The molecule has 0 aromatic heterocycles. The molecule has 0 aliphatic rings. The number of benzene rings is 9. The number of rotatable bonds is 50. The summed E-state index contributed by atoms with van der Waals surface area (Å²) in [6, 6.07) is 71.6. The predicted molar refractivity (Wildman–Crippen MR) is 510 cm³/mol. The Bertz CT molecular complexity index is 4470. The highest BCUT2D eigenvalue weighted by molar-refractivity contribution is 7.98. The third kappa shape index (κ3) is 47.5. The van der Waals surface area contributed by atoms with Crippen LogP contribution in [0.3, 0.4) is 0 Å². The molecule has 9 rings (SSSR count). The first kappa shape index (κ1) is 118. The number of thioether (sulfide) groups is 1. The van der Waals surface area contributed by atoms with Crippen LogP contribution in [-0.4, -0.2) is 171 Å². The van der Waals surface area contributed by atoms with Gasteiger partial charge >= 0.3 is 23.9 Å². The number of amides is 1. The van der Waals surface area contributed by atoms with Crippen molar-refractivity contribution >= 4 is 76.3 Å². The van der Waals surface area contributed by atoms with Crippen molar-refractivity contribution in [2.45, 2.75) is 187 Å². The van der Waals surface area contributed by atoms with E-state index in [1.165, 1.54) is 5.56 Å². The van der Waals surface area contributed by atoms with Gasteiger partial charge in [0.05, 0.1) is 118 Å². The summed E-state index contributed by atoms with van der Waals surface area (Å²) in [5.74, 6) is 2.99. The molecular formula is C103H140Cl3I3N4O13S. The molecule has 9 aromatic carbocycles. The van der Waals surface area contributed by atoms with Crippen molar-refractivity contribution < 1.29 is 147 Å². The van der Waals surface area contributed by atoms with E-state index in [0.29, 0.717) is 99.6 Å². The first-order valence-electron chi connectivity index (χ1n) is 42.5. The Hall–Kier alpha value is -7.18. The number of ether oxygens (including phenoxy) is 8. The summed E-state index contributed by atoms with van der Waals surface area (Å²) in [6.45, 7) is 4.13. The van der Waals surface area contributed by atoms with E-state index in [1.807, 2.05) is 176 Å². The highest BCUT2D eigenvalue weighted by Gasteiger charge is 2.35. The maximum Gasteiger partial charge on any atom is 0.365 e. The van der Waals surface area contributed by atoms with Crippen molar-refractivity contribution in [1.29, 1.82) is 0 Å². The van der Waals surface area contributed by atoms with E-state index in [9.17, 15) is 24.0 Å². The van der Waals surface area contributed by atoms with Crippen LogP contribution in [0.15, 0.2) is 235 Å². The third-order valence-corrected chi connectivity index (χ3v) is 22.2. The van der Waals surface area contributed by atoms with Crippen LogP contribution in [0.1, 0.15) is 181 Å². The number of hydrogen-bond acceptors (Lipinski definition) is 14. The minimum absolute atomic E-state index is 0. The molecule has 9 aromatic rings. The van der Waals surface area contributed by atoms with Crippen molar-refractivity contribution in [3.8, 4) is 34.5 Å². The number of likely N-dealkylation sites (N-methyl/N-ethyl adjacent to an activating group) is 3. The van der Waals surface area contributed by atoms with Gasteiger partial charge in [-0.3, -0.25) is 4.79 Å². The molecule has 0 bridgehead atoms. The van der Waals surface area contributed by atoms with Crippen molar-refractivity contribution in [2.75, 3.05) is 109 Å². The summed E-state index contributed by atoms with van der Waals surface area (Å²) < 4.78 is 47.2. The fourth-order valence-corrected chi connectivity index (χ4v) is 14.1. The van der Waals surface area contributed by atoms with Gasteiger partial charge in [-0.2, -0.15) is 0 Å². The average Bonchev–Trinajstić information content (AvgIpc) is 0.841. The highest BCUT2D eigenvalue weighted by Crippen LogP contribution is 2.29. The van der Waals surface area contributed by atoms with Gasteiger partial charge in [-0.1, -0.05) is 243 Å². The lowest BCUT2D eigenvalue weighted by atomic mass is 10.0. The molecule has 1 N–H and O–H groups in total. The Kier molecular flexibility index (Phi) is 60.7. The van der Waals surface area contributed by atoms with Gasteiger partial charge in [-0.15, -0.1) is 11.8 Å². The monoisotopic (exact) mass is 2160 g/mol. The molecule has 3 unspecified atom stereocenters. The lowest BCUT2D eigenvalue weighted by Crippen LogP contribution is -3.00. The zero-order chi connectivity index (χ0) is 87.1. The predicted octanol–water partition coefficient (Wildman–Crippen LogP) is 15.0. The number of nitrogens with zero attached hydrogens (tertiary/aromatic N) is 3. The van der Waals surface area contributed by atoms with Gasteiger partial charge in [0.25, 0.3) is 5.91 Å². The van der Waals surface area contributed by atoms with Gasteiger partial charge in [0.1, 0.15) is 41.1 Å². The second-order valence-corrected chi connectivity index (χ2v) is 35.0. The van der Waals surface area contributed by atoms with Gasteiger partial charge < -0.3 is 129 Å². The van der Waals surface area contributed by atoms with E-state index in [-0.39, 0.29) is 147 Å². The van der Waals surface area contributed by atoms with Crippen molar-refractivity contribution in [3.63, 3.8) is 0 Å². The number of halogens is 6. The summed E-state index contributed by atoms with van der Waals surface area (Å²) in [4.78, 5) is 64.3. The van der Waals surface area contributed by atoms with Crippen LogP contribution in [0.2, 0.25) is 15.1 Å². The summed E-state index contributed by atoms with van der Waals surface area (Å²) in [5.41, 5.74) is 5.28. The van der Waals surface area contributed by atoms with Crippen LogP contribution < -0.4 is 106 Å². The Labute approximate surface area is 830 Å². The Balaban J connectivity index is 0.000000931. The molecule has 3 atom stereocenters. The van der Waals surface area contributed by atoms with E-state index in [1.54, 1.807) is 78.5 Å². The number of esters is 4. The minimum atomic E-state index is -0.565. The summed E-state index contributed by atoms with van der Waals surface area (Å²) in [5, 5.41) is 4.34. The average molecular weight is 2160 g/mol. The molecule has 0 heterocycles. The molecule has 0 spiro atoms. The van der Waals surface area contributed by atoms with Crippen LogP contribution in [0, 0.1) is 0 Å². The first-order valence-corrected chi connectivity index (χ1v) is 44.8. The Morgan fingerprint density at radius 1 is 0.346 bits per heavy atom. The fourth-order valence-electron chi connectivity index (χ4n) is 13.1. The third-order valence-electron chi connectivity index (χ3n) is 20.4. The minimum Gasteiger partial charge on any atom is -1.00 e. The van der Waals surface area contributed by atoms with E-state index in [2.05, 4.69) is 62.9 Å². The number of unbranched alkanes of at least 4 members (excludes halogenated alkanes) is 15. The van der Waals surface area contributed by atoms with Gasteiger partial charge in [0, 0.05) is 35.7 Å². The van der Waals surface area contributed by atoms with Crippen LogP contribution in [-0.2, 0) is 49.7 Å². The molecule has 0 aliphatic carbocycles. The lowest BCUT2D eigenvalue weighted by molar-refractivity contribution is -0.887. The molecular weight excluding hydrogens is 2020 g/mol. The number of quaternary nitrogens is 3. The van der Waals surface area contributed by atoms with E-state index in [0.717, 1.165) is 167 Å². The van der Waals surface area contributed by atoms with Crippen LogP contribution >= 0.6 is 46.6 Å². The van der Waals surface area contributed by atoms with E-state index < -0.39 is 5.97 Å². The van der Waals surface area contributed by atoms with Gasteiger partial charge in [-0.25, -0.2) is 19.2 Å². The Morgan fingerprint density at radius 2 is 0.677 bits per heavy atom. The molecule has 698 valence electrons. The quantitative estimate of drug-likeness (QED) is 0.00953. The summed E-state index contributed by atoms with van der Waals surface area (Å²) >= 11 is 19.7. The lowest BCUT2D eigenvalue weighted by Gasteiger charge is -2.33. The molecule has 0 saturated carbocycles. The molecule has 0 saturated heterocycles. The van der Waals surface area contributed by atoms with Crippen molar-refractivity contribution in [2.24, 2.45) is 0 Å². The van der Waals surface area contributed by atoms with Crippen LogP contribution in [0.4, 0.5) is 0 Å². The Morgan fingerprint density at radius 3 is 1.06 bits per heavy atom. The van der Waals surface area contributed by atoms with Crippen molar-refractivity contribution in [1.82, 2.24) is 5.32 Å². The molecule has 0 radical (unpaired) electrons. The molecule has 24 heteroatoms. The maximum atomic E-state index is 12.9. The van der Waals surface area contributed by atoms with Gasteiger partial charge in [0.15, 0.2) is 18.1 Å². The molecule has 1 amide bonds. The zero-order valence-corrected chi connectivity index (χ0v) is 83.4. The number of carbonyl (C=O) groups is 5. The second kappa shape index (κ2) is 65.4. The summed E-state index contributed by atoms with van der Waals surface area (Å²) in [6.07, 6.45) is 23.1. The van der Waals surface area contributed by atoms with Crippen LogP contribution in [0.5, 0.6) is 34.5 Å². The number of carbonyl (C=O) groups excluding carboxylic acids is 5. The molecule has 127 heavy (non-hydrogen) atoms. The molecule has 0 aliphatic heterocycles. The normalized spacial score (nSPS) is 11.5. The standard InChI is InChI=1S/C34H44NO5S.C33H40Cl2N2O4.C33H43ClNO4.3CH4.3HI/c1-35(2,3)32(26-27-14-10-9-11-15-27)34(37)39-25-13-8-6-5-7-12-24-38-29-18-20-30(21-19-29)40-33(36)28-16-22-31(41-4)23-17-28;1-37(2,3)30(24-25-14-9-8-10-15-25)32(38)36-22-11-6-4-5-7-12-23-40-26-18-20-27(21-19-26)41-33(39)28-16-13-17-29(34)31(28)35;1-35(2,3)32(25-27-14-9-8-10-15-27)33(36)38-23-12-7-5-4-6-11-22-37-30-18-20-31(21-19-30)39-26-28-16-13-17-29(34)24-28;;;;;;/h9-11,14-23,32H,5-8,12-13,24-26H2,1-4H3;8-10,13-21,30H,4-7,11-12,22-24H2,1-3H3;8-10,13-21,24,32H,4-7,11-12,22-23,25-26H2,1-3H3;3*1H4;3*1H/q+1;;+1;;;;;;/p-2. The number of nitrogens with one attached hydrogen (secondary N) is 1. The van der Waals surface area contributed by atoms with Gasteiger partial charge in [-0.05, 0) is 188 Å². The maximum absolute atomic E-state index is 12.9. The molecule has 0 fully saturated rings. The van der Waals surface area contributed by atoms with E-state index >= 15 is 0 Å². The SMILES string of the molecule is C.C.C.CSc1ccc(C(=O)Oc2ccc(OCCCCCCCCOC(=O)C(Cc3ccccc3)[N+](C)(C)C)cc2)cc1.C[N+](C)(C)C(Cc1ccccc1)C(=O)NCCCCCCCCOc1ccc(OC(=O)c2cccc(Cl)c2Cl)cc1.C[N+](C)(C)C(Cc1ccccc1)C(=O)OCCCCCCCCOc1ccc(OCc2cccc(Cl)c2)cc1.[I-].[I-].[I-]. The largest absolute Gasteiger partial charge is 1.00 e.